The first-order valence-electron chi connectivity index (χ1n) is 9.19. The number of piperidine rings is 1. The molecular weight excluding hydrogens is 360 g/mol. The van der Waals surface area contributed by atoms with Crippen LogP contribution in [0.25, 0.3) is 5.69 Å². The van der Waals surface area contributed by atoms with Crippen molar-refractivity contribution in [2.75, 3.05) is 25.5 Å². The van der Waals surface area contributed by atoms with Gasteiger partial charge in [-0.1, -0.05) is 0 Å². The van der Waals surface area contributed by atoms with Crippen LogP contribution in [0, 0.1) is 5.92 Å². The molecule has 1 amide bonds. The van der Waals surface area contributed by atoms with Crippen molar-refractivity contribution in [1.82, 2.24) is 25.1 Å². The first-order valence-corrected chi connectivity index (χ1v) is 9.19. The molecule has 1 aliphatic heterocycles. The van der Waals surface area contributed by atoms with Crippen LogP contribution in [-0.4, -0.2) is 51.2 Å². The summed E-state index contributed by atoms with van der Waals surface area (Å²) in [6.07, 6.45) is 4.81. The molecule has 3 heterocycles. The number of likely N-dealkylation sites (tertiary alicyclic amines) is 1. The van der Waals surface area contributed by atoms with Gasteiger partial charge in [-0.05, 0) is 54.6 Å². The van der Waals surface area contributed by atoms with Gasteiger partial charge in [0.05, 0.1) is 25.6 Å². The third-order valence-electron chi connectivity index (χ3n) is 4.93. The minimum absolute atomic E-state index is 0.0180. The Morgan fingerprint density at radius 1 is 1.32 bits per heavy atom. The minimum atomic E-state index is -0.0180. The zero-order chi connectivity index (χ0) is 19.3. The lowest BCUT2D eigenvalue weighted by Gasteiger charge is -2.30. The fourth-order valence-corrected chi connectivity index (χ4v) is 3.41. The molecule has 9 nitrogen and oxygen atoms in total. The quantitative estimate of drug-likeness (QED) is 0.697. The van der Waals surface area contributed by atoms with Crippen molar-refractivity contribution >= 4 is 11.6 Å². The number of aromatic nitrogens is 4. The number of hydrogen-bond donors (Lipinski definition) is 1. The lowest BCUT2D eigenvalue weighted by molar-refractivity contribution is -0.121. The molecule has 2 aromatic heterocycles. The number of anilines is 1. The summed E-state index contributed by atoms with van der Waals surface area (Å²) in [7, 11) is 1.58. The van der Waals surface area contributed by atoms with Gasteiger partial charge >= 0.3 is 0 Å². The Morgan fingerprint density at radius 2 is 2.18 bits per heavy atom. The Hall–Kier alpha value is -3.20. The van der Waals surface area contributed by atoms with Gasteiger partial charge in [-0.15, -0.1) is 5.10 Å². The van der Waals surface area contributed by atoms with E-state index in [2.05, 4.69) is 25.7 Å². The molecule has 0 atom stereocenters. The minimum Gasteiger partial charge on any atom is -0.497 e. The van der Waals surface area contributed by atoms with Gasteiger partial charge in [0.15, 0.2) is 0 Å². The van der Waals surface area contributed by atoms with Crippen molar-refractivity contribution in [2.45, 2.75) is 19.4 Å². The molecule has 0 saturated carbocycles. The van der Waals surface area contributed by atoms with E-state index in [4.69, 9.17) is 9.15 Å². The molecule has 3 aromatic rings. The van der Waals surface area contributed by atoms with Gasteiger partial charge in [-0.2, -0.15) is 0 Å². The second-order valence-electron chi connectivity index (χ2n) is 6.79. The monoisotopic (exact) mass is 382 g/mol. The van der Waals surface area contributed by atoms with Crippen LogP contribution in [0.15, 0.2) is 47.3 Å². The predicted octanol–water partition coefficient (Wildman–Crippen LogP) is 2.11. The molecule has 1 saturated heterocycles. The molecule has 1 aliphatic rings. The maximum Gasteiger partial charge on any atom is 0.227 e. The van der Waals surface area contributed by atoms with Gasteiger partial charge in [0.25, 0.3) is 0 Å². The summed E-state index contributed by atoms with van der Waals surface area (Å²) in [6.45, 7) is 2.52. The normalized spacial score (nSPS) is 15.5. The highest BCUT2D eigenvalue weighted by molar-refractivity contribution is 5.93. The number of benzene rings is 1. The summed E-state index contributed by atoms with van der Waals surface area (Å²) < 4.78 is 12.3. The van der Waals surface area contributed by atoms with Crippen molar-refractivity contribution in [3.63, 3.8) is 0 Å². The topological polar surface area (TPSA) is 98.3 Å². The van der Waals surface area contributed by atoms with E-state index < -0.39 is 0 Å². The van der Waals surface area contributed by atoms with Crippen LogP contribution in [0.3, 0.4) is 0 Å². The van der Waals surface area contributed by atoms with Gasteiger partial charge in [-0.25, -0.2) is 4.68 Å². The Labute approximate surface area is 162 Å². The van der Waals surface area contributed by atoms with Crippen molar-refractivity contribution in [3.05, 3.63) is 48.7 Å². The van der Waals surface area contributed by atoms with Crippen LogP contribution < -0.4 is 10.1 Å². The molecule has 1 fully saturated rings. The third-order valence-corrected chi connectivity index (χ3v) is 4.93. The maximum atomic E-state index is 12.8. The summed E-state index contributed by atoms with van der Waals surface area (Å²) in [5.41, 5.74) is 1.38. The molecule has 1 aromatic carbocycles. The Bertz CT molecular complexity index is 902. The van der Waals surface area contributed by atoms with E-state index in [0.717, 1.165) is 38.2 Å². The summed E-state index contributed by atoms with van der Waals surface area (Å²) in [4.78, 5) is 15.1. The molecule has 0 spiro atoms. The van der Waals surface area contributed by atoms with Gasteiger partial charge in [-0.3, -0.25) is 9.69 Å². The maximum absolute atomic E-state index is 12.8. The number of tetrazole rings is 1. The SMILES string of the molecule is COc1cc(NC(=O)C2CCN(Cc3ccco3)CC2)cc(-n2cnnn2)c1. The average Bonchev–Trinajstić information content (AvgIpc) is 3.42. The van der Waals surface area contributed by atoms with E-state index in [-0.39, 0.29) is 11.8 Å². The second-order valence-corrected chi connectivity index (χ2v) is 6.79. The number of nitrogens with one attached hydrogen (secondary N) is 1. The number of hydrogen-bond acceptors (Lipinski definition) is 7. The van der Waals surface area contributed by atoms with Crippen LogP contribution in [0.4, 0.5) is 5.69 Å². The number of ether oxygens (including phenoxy) is 1. The van der Waals surface area contributed by atoms with Crippen LogP contribution in [0.1, 0.15) is 18.6 Å². The Balaban J connectivity index is 1.38. The molecule has 0 radical (unpaired) electrons. The zero-order valence-corrected chi connectivity index (χ0v) is 15.6. The van der Waals surface area contributed by atoms with Crippen molar-refractivity contribution in [2.24, 2.45) is 5.92 Å². The van der Waals surface area contributed by atoms with E-state index in [1.165, 1.54) is 11.0 Å². The molecule has 4 rings (SSSR count). The summed E-state index contributed by atoms with van der Waals surface area (Å²) in [6, 6.07) is 9.29. The third kappa shape index (κ3) is 4.20. The van der Waals surface area contributed by atoms with E-state index in [1.54, 1.807) is 25.5 Å². The number of rotatable bonds is 6. The van der Waals surface area contributed by atoms with E-state index in [0.29, 0.717) is 17.1 Å². The number of methoxy groups -OCH3 is 1. The molecule has 0 bridgehead atoms. The highest BCUT2D eigenvalue weighted by atomic mass is 16.5. The molecule has 1 N–H and O–H groups in total. The summed E-state index contributed by atoms with van der Waals surface area (Å²) >= 11 is 0. The number of carbonyl (C=O) groups is 1. The Morgan fingerprint density at radius 3 is 2.86 bits per heavy atom. The highest BCUT2D eigenvalue weighted by Crippen LogP contribution is 2.25. The fourth-order valence-electron chi connectivity index (χ4n) is 3.41. The number of furan rings is 1. The lowest BCUT2D eigenvalue weighted by Crippen LogP contribution is -2.37. The van der Waals surface area contributed by atoms with Crippen molar-refractivity contribution < 1.29 is 13.9 Å². The fraction of sp³-hybridized carbons (Fsp3) is 0.368. The molecule has 28 heavy (non-hydrogen) atoms. The van der Waals surface area contributed by atoms with Crippen LogP contribution in [0.5, 0.6) is 5.75 Å². The molecule has 0 aliphatic carbocycles. The largest absolute Gasteiger partial charge is 0.497 e. The zero-order valence-electron chi connectivity index (χ0n) is 15.6. The van der Waals surface area contributed by atoms with Gasteiger partial charge < -0.3 is 14.5 Å². The number of carbonyl (C=O) groups excluding carboxylic acids is 1. The summed E-state index contributed by atoms with van der Waals surface area (Å²) in [5, 5.41) is 14.2. The standard InChI is InChI=1S/C19H22N6O3/c1-27-18-10-15(9-16(11-18)25-13-20-22-23-25)21-19(26)14-4-6-24(7-5-14)12-17-3-2-8-28-17/h2-3,8-11,13-14H,4-7,12H2,1H3,(H,21,26). The molecule has 0 unspecified atom stereocenters. The smallest absolute Gasteiger partial charge is 0.227 e. The Kier molecular flexibility index (Phi) is 5.34. The van der Waals surface area contributed by atoms with Gasteiger partial charge in [0.1, 0.15) is 17.8 Å². The molecular formula is C19H22N6O3. The predicted molar refractivity (Wildman–Crippen MR) is 101 cm³/mol. The first-order chi connectivity index (χ1) is 13.7. The first kappa shape index (κ1) is 18.2. The van der Waals surface area contributed by atoms with Gasteiger partial charge in [0.2, 0.25) is 5.91 Å². The number of amides is 1. The second kappa shape index (κ2) is 8.22. The van der Waals surface area contributed by atoms with Crippen LogP contribution >= 0.6 is 0 Å². The lowest BCUT2D eigenvalue weighted by atomic mass is 9.95. The van der Waals surface area contributed by atoms with Crippen LogP contribution in [0.2, 0.25) is 0 Å². The van der Waals surface area contributed by atoms with Gasteiger partial charge in [0, 0.05) is 23.7 Å². The molecule has 146 valence electrons. The van der Waals surface area contributed by atoms with E-state index in [1.807, 2.05) is 18.2 Å². The molecule has 9 heteroatoms. The highest BCUT2D eigenvalue weighted by Gasteiger charge is 2.25. The van der Waals surface area contributed by atoms with Crippen molar-refractivity contribution in [3.8, 4) is 11.4 Å². The van der Waals surface area contributed by atoms with E-state index in [9.17, 15) is 4.79 Å². The summed E-state index contributed by atoms with van der Waals surface area (Å²) in [5.74, 6) is 1.58. The number of nitrogens with zero attached hydrogens (tertiary/aromatic N) is 5. The average molecular weight is 382 g/mol. The van der Waals surface area contributed by atoms with Crippen molar-refractivity contribution in [1.29, 1.82) is 0 Å². The van der Waals surface area contributed by atoms with Crippen LogP contribution in [-0.2, 0) is 11.3 Å². The van der Waals surface area contributed by atoms with E-state index >= 15 is 0 Å².